The quantitative estimate of drug-likeness (QED) is 0.491. The summed E-state index contributed by atoms with van der Waals surface area (Å²) in [6.07, 6.45) is -4.50. The molecule has 0 aromatic rings. The van der Waals surface area contributed by atoms with E-state index in [1.807, 2.05) is 0 Å². The molecule has 0 amide bonds. The van der Waals surface area contributed by atoms with E-state index >= 15 is 0 Å². The maximum absolute atomic E-state index is 13.3. The summed E-state index contributed by atoms with van der Waals surface area (Å²) in [6.45, 7) is 1.98. The Kier molecular flexibility index (Phi) is 4.24. The molecule has 3 rings (SSSR count). The minimum Gasteiger partial charge on any atom is -0.170 e. The topological polar surface area (TPSA) is 0 Å². The van der Waals surface area contributed by atoms with Crippen molar-refractivity contribution in [2.24, 2.45) is 34.5 Å². The number of rotatable bonds is 3. The molecule has 3 fully saturated rings. The fourth-order valence-electron chi connectivity index (χ4n) is 5.97. The molecule has 0 N–H and O–H groups in total. The van der Waals surface area contributed by atoms with Crippen molar-refractivity contribution < 1.29 is 26.3 Å². The van der Waals surface area contributed by atoms with Gasteiger partial charge in [0.05, 0.1) is 0 Å². The Bertz CT molecular complexity index is 461. The van der Waals surface area contributed by atoms with Crippen LogP contribution in [0.4, 0.5) is 26.3 Å². The summed E-state index contributed by atoms with van der Waals surface area (Å²) in [5.41, 5.74) is -3.93. The van der Waals surface area contributed by atoms with E-state index in [2.05, 4.69) is 0 Å². The zero-order valence-electron chi connectivity index (χ0n) is 14.2. The first-order valence-corrected chi connectivity index (χ1v) is 9.01. The van der Waals surface area contributed by atoms with Crippen molar-refractivity contribution in [1.29, 1.82) is 0 Å². The van der Waals surface area contributed by atoms with Crippen LogP contribution in [0.25, 0.3) is 0 Å². The van der Waals surface area contributed by atoms with Gasteiger partial charge in [0.2, 0.25) is 0 Å². The van der Waals surface area contributed by atoms with Crippen LogP contribution < -0.4 is 0 Å². The minimum atomic E-state index is -5.27. The Morgan fingerprint density at radius 1 is 0.917 bits per heavy atom. The Labute approximate surface area is 139 Å². The van der Waals surface area contributed by atoms with Gasteiger partial charge in [0.15, 0.2) is 5.41 Å². The lowest BCUT2D eigenvalue weighted by molar-refractivity contribution is -0.341. The number of fused-ring (bicyclic) bond motifs is 2. The second-order valence-corrected chi connectivity index (χ2v) is 8.94. The van der Waals surface area contributed by atoms with Gasteiger partial charge in [0.1, 0.15) is 0 Å². The van der Waals surface area contributed by atoms with Crippen LogP contribution in [0.1, 0.15) is 65.2 Å². The van der Waals surface area contributed by atoms with Crippen LogP contribution in [-0.4, -0.2) is 12.4 Å². The molecule has 4 unspecified atom stereocenters. The first-order valence-electron chi connectivity index (χ1n) is 9.01. The van der Waals surface area contributed by atoms with E-state index in [0.717, 1.165) is 38.5 Å². The summed E-state index contributed by atoms with van der Waals surface area (Å²) < 4.78 is 79.7. The number of hydrogen-bond acceptors (Lipinski definition) is 0. The lowest BCUT2D eigenvalue weighted by Gasteiger charge is -2.58. The third kappa shape index (κ3) is 2.76. The van der Waals surface area contributed by atoms with Gasteiger partial charge in [-0.25, -0.2) is 0 Å². The summed E-state index contributed by atoms with van der Waals surface area (Å²) in [7, 11) is 0. The highest BCUT2D eigenvalue weighted by Crippen LogP contribution is 2.64. The molecule has 0 aliphatic heterocycles. The summed E-state index contributed by atoms with van der Waals surface area (Å²) in [4.78, 5) is 0. The summed E-state index contributed by atoms with van der Waals surface area (Å²) in [6, 6.07) is 0. The molecule has 3 saturated carbocycles. The molecule has 24 heavy (non-hydrogen) atoms. The highest BCUT2D eigenvalue weighted by molar-refractivity contribution is 5.03. The molecule has 0 spiro atoms. The van der Waals surface area contributed by atoms with Gasteiger partial charge in [-0.3, -0.25) is 0 Å². The van der Waals surface area contributed by atoms with Gasteiger partial charge in [-0.1, -0.05) is 13.3 Å². The lowest BCUT2D eigenvalue weighted by Crippen LogP contribution is -2.52. The molecule has 0 radical (unpaired) electrons. The van der Waals surface area contributed by atoms with Crippen molar-refractivity contribution in [2.75, 3.05) is 0 Å². The first kappa shape index (κ1) is 18.4. The van der Waals surface area contributed by atoms with Gasteiger partial charge in [0.25, 0.3) is 0 Å². The largest absolute Gasteiger partial charge is 0.402 e. The van der Waals surface area contributed by atoms with Crippen LogP contribution in [0.5, 0.6) is 0 Å². The second kappa shape index (κ2) is 5.54. The standard InChI is InChI=1S/C18H26F6/c1-11(8-15(2,17(19,20)21)18(22,23)24)16-6-5-13-4-3-12(9-16)7-14(13)10-16/h11-14H,3-10H2,1-2H3/t11-,12?,13?,14?,16?/m1/s1. The summed E-state index contributed by atoms with van der Waals surface area (Å²) >= 11 is 0. The number of alkyl halides is 6. The van der Waals surface area contributed by atoms with Crippen LogP contribution in [-0.2, 0) is 0 Å². The van der Waals surface area contributed by atoms with E-state index in [1.54, 1.807) is 6.92 Å². The molecule has 0 aromatic heterocycles. The van der Waals surface area contributed by atoms with Crippen molar-refractivity contribution >= 4 is 0 Å². The highest BCUT2D eigenvalue weighted by atomic mass is 19.4. The molecular formula is C18H26F6. The molecule has 0 saturated heterocycles. The fraction of sp³-hybridized carbons (Fsp3) is 1.00. The zero-order valence-corrected chi connectivity index (χ0v) is 14.2. The molecule has 3 aliphatic rings. The van der Waals surface area contributed by atoms with Crippen molar-refractivity contribution in [3.63, 3.8) is 0 Å². The average molecular weight is 356 g/mol. The average Bonchev–Trinajstić information content (AvgIpc) is 2.42. The Hall–Kier alpha value is -0.420. The zero-order chi connectivity index (χ0) is 18.0. The van der Waals surface area contributed by atoms with E-state index in [9.17, 15) is 26.3 Å². The maximum Gasteiger partial charge on any atom is 0.402 e. The van der Waals surface area contributed by atoms with E-state index in [0.29, 0.717) is 24.7 Å². The molecule has 6 heteroatoms. The molecular weight excluding hydrogens is 330 g/mol. The normalized spacial score (nSPS) is 38.2. The van der Waals surface area contributed by atoms with Gasteiger partial charge in [-0.15, -0.1) is 0 Å². The Morgan fingerprint density at radius 3 is 2.12 bits per heavy atom. The van der Waals surface area contributed by atoms with Crippen molar-refractivity contribution in [3.8, 4) is 0 Å². The van der Waals surface area contributed by atoms with Crippen LogP contribution in [0, 0.1) is 34.5 Å². The number of hydrogen-bond donors (Lipinski definition) is 0. The van der Waals surface area contributed by atoms with Crippen molar-refractivity contribution in [3.05, 3.63) is 0 Å². The third-order valence-electron chi connectivity index (χ3n) is 7.64. The molecule has 0 nitrogen and oxygen atoms in total. The van der Waals surface area contributed by atoms with Crippen LogP contribution in [0.3, 0.4) is 0 Å². The summed E-state index contributed by atoms with van der Waals surface area (Å²) in [5, 5.41) is 0. The van der Waals surface area contributed by atoms with Gasteiger partial charge < -0.3 is 0 Å². The van der Waals surface area contributed by atoms with Crippen molar-refractivity contribution in [2.45, 2.75) is 77.6 Å². The van der Waals surface area contributed by atoms with E-state index in [4.69, 9.17) is 0 Å². The van der Waals surface area contributed by atoms with Crippen LogP contribution in [0.15, 0.2) is 0 Å². The van der Waals surface area contributed by atoms with Crippen LogP contribution >= 0.6 is 0 Å². The molecule has 3 bridgehead atoms. The molecule has 3 aliphatic carbocycles. The SMILES string of the molecule is C[C@H](CC(C)(C(F)(F)F)C(F)(F)F)C12CCC3CCC(CC3C1)C2. The number of halogens is 6. The predicted molar refractivity (Wildman–Crippen MR) is 79.2 cm³/mol. The summed E-state index contributed by atoms with van der Waals surface area (Å²) in [5.74, 6) is 1.12. The third-order valence-corrected chi connectivity index (χ3v) is 7.64. The Balaban J connectivity index is 1.84. The van der Waals surface area contributed by atoms with Gasteiger partial charge >= 0.3 is 12.4 Å². The smallest absolute Gasteiger partial charge is 0.170 e. The maximum atomic E-state index is 13.3. The van der Waals surface area contributed by atoms with Crippen molar-refractivity contribution in [1.82, 2.24) is 0 Å². The Morgan fingerprint density at radius 2 is 1.54 bits per heavy atom. The van der Waals surface area contributed by atoms with E-state index < -0.39 is 30.1 Å². The molecule has 0 heterocycles. The van der Waals surface area contributed by atoms with Gasteiger partial charge in [-0.05, 0) is 81.0 Å². The lowest BCUT2D eigenvalue weighted by atomic mass is 9.47. The van der Waals surface area contributed by atoms with Gasteiger partial charge in [-0.2, -0.15) is 26.3 Å². The first-order chi connectivity index (χ1) is 10.9. The minimum absolute atomic E-state index is 0.317. The fourth-order valence-corrected chi connectivity index (χ4v) is 5.97. The molecule has 5 atom stereocenters. The second-order valence-electron chi connectivity index (χ2n) is 8.94. The van der Waals surface area contributed by atoms with Crippen LogP contribution in [0.2, 0.25) is 0 Å². The van der Waals surface area contributed by atoms with E-state index in [-0.39, 0.29) is 5.41 Å². The molecule has 0 aromatic carbocycles. The van der Waals surface area contributed by atoms with E-state index in [1.165, 1.54) is 6.42 Å². The predicted octanol–water partition coefficient (Wildman–Crippen LogP) is 6.75. The highest BCUT2D eigenvalue weighted by Gasteiger charge is 2.68. The van der Waals surface area contributed by atoms with Gasteiger partial charge in [0, 0.05) is 0 Å². The monoisotopic (exact) mass is 356 g/mol. The molecule has 140 valence electrons.